The number of aliphatic carboxylic acids is 1. The molecule has 0 amide bonds. The molecule has 1 unspecified atom stereocenters. The number of pyridine rings is 1. The minimum absolute atomic E-state index is 0.241. The quantitative estimate of drug-likeness (QED) is 0.540. The predicted octanol–water partition coefficient (Wildman–Crippen LogP) is 4.57. The number of carboxylic acid groups (broad SMARTS) is 1. The minimum Gasteiger partial charge on any atom is -0.475 e. The van der Waals surface area contributed by atoms with E-state index in [1.807, 2.05) is 12.1 Å². The Kier molecular flexibility index (Phi) is 6.21. The van der Waals surface area contributed by atoms with E-state index in [1.165, 1.54) is 22.8 Å². The van der Waals surface area contributed by atoms with Crippen LogP contribution in [0.15, 0.2) is 48.7 Å². The van der Waals surface area contributed by atoms with E-state index in [4.69, 9.17) is 15.6 Å². The molecule has 0 saturated heterocycles. The number of fused-ring (bicyclic) bond motifs is 2. The van der Waals surface area contributed by atoms with Gasteiger partial charge >= 0.3 is 12.1 Å². The monoisotopic (exact) mass is 421 g/mol. The molecule has 1 atom stereocenters. The van der Waals surface area contributed by atoms with Crippen LogP contribution in [0, 0.1) is 5.82 Å². The second-order valence-electron chi connectivity index (χ2n) is 6.77. The van der Waals surface area contributed by atoms with Gasteiger partial charge in [-0.15, -0.1) is 0 Å². The van der Waals surface area contributed by atoms with Crippen LogP contribution in [0.3, 0.4) is 0 Å². The summed E-state index contributed by atoms with van der Waals surface area (Å²) < 4.78 is 45.6. The van der Waals surface area contributed by atoms with Gasteiger partial charge in [-0.2, -0.15) is 13.2 Å². The number of benzene rings is 2. The van der Waals surface area contributed by atoms with Crippen LogP contribution in [0.2, 0.25) is 0 Å². The molecule has 0 saturated carbocycles. The lowest BCUT2D eigenvalue weighted by atomic mass is 10.0. The molecule has 1 aromatic heterocycles. The summed E-state index contributed by atoms with van der Waals surface area (Å²) in [6, 6.07) is 13.7. The molecule has 4 rings (SSSR count). The fourth-order valence-corrected chi connectivity index (χ4v) is 3.40. The molecule has 3 aromatic rings. The number of aromatic nitrogens is 1. The van der Waals surface area contributed by atoms with Gasteiger partial charge in [0.2, 0.25) is 0 Å². The first-order valence-corrected chi connectivity index (χ1v) is 9.12. The Bertz CT molecular complexity index is 1070. The third-order valence-electron chi connectivity index (χ3n) is 4.81. The molecule has 0 bridgehead atoms. The molecule has 9 heteroatoms. The van der Waals surface area contributed by atoms with Gasteiger partial charge in [0, 0.05) is 23.8 Å². The fourth-order valence-electron chi connectivity index (χ4n) is 3.40. The third kappa shape index (κ3) is 4.68. The number of nitrogens with two attached hydrogens (primary N) is 1. The molecule has 2 aromatic carbocycles. The number of anilines is 1. The molecule has 5 nitrogen and oxygen atoms in total. The molecule has 1 heterocycles. The van der Waals surface area contributed by atoms with Gasteiger partial charge in [0.1, 0.15) is 11.3 Å². The summed E-state index contributed by atoms with van der Waals surface area (Å²) in [5.41, 5.74) is 10.9. The van der Waals surface area contributed by atoms with Crippen molar-refractivity contribution in [2.45, 2.75) is 31.6 Å². The molecule has 1 aliphatic carbocycles. The van der Waals surface area contributed by atoms with E-state index < -0.39 is 12.1 Å². The second kappa shape index (κ2) is 8.66. The molecule has 0 fully saturated rings. The highest BCUT2D eigenvalue weighted by Gasteiger charge is 2.38. The average Bonchev–Trinajstić information content (AvgIpc) is 3.10. The summed E-state index contributed by atoms with van der Waals surface area (Å²) in [4.78, 5) is 13.0. The number of rotatable bonds is 3. The summed E-state index contributed by atoms with van der Waals surface area (Å²) in [5, 5.41) is 11.5. The number of nitrogens with zero attached hydrogens (tertiary/aromatic N) is 1. The standard InChI is InChI=1S/C19H18FN3.C2HF3O2/c20-16-3-1-2-15-18(8-9-22-19(15)16)23-17-7-5-13-10-12(11-21)4-6-14(13)17;3-2(4,5)1(6)7/h1-4,6,8-10,17H,5,7,11,21H2,(H,22,23);(H,6,7). The summed E-state index contributed by atoms with van der Waals surface area (Å²) in [5.74, 6) is -3.04. The van der Waals surface area contributed by atoms with E-state index in [9.17, 15) is 17.6 Å². The van der Waals surface area contributed by atoms with Crippen LogP contribution in [-0.2, 0) is 17.8 Å². The molecule has 0 spiro atoms. The fraction of sp³-hybridized carbons (Fsp3) is 0.238. The van der Waals surface area contributed by atoms with Crippen molar-refractivity contribution in [1.82, 2.24) is 4.98 Å². The van der Waals surface area contributed by atoms with E-state index in [-0.39, 0.29) is 11.9 Å². The Morgan fingerprint density at radius 1 is 1.23 bits per heavy atom. The van der Waals surface area contributed by atoms with E-state index >= 15 is 0 Å². The van der Waals surface area contributed by atoms with Crippen LogP contribution in [0.25, 0.3) is 10.9 Å². The average molecular weight is 421 g/mol. The van der Waals surface area contributed by atoms with Crippen molar-refractivity contribution < 1.29 is 27.5 Å². The number of carboxylic acids is 1. The molecule has 4 N–H and O–H groups in total. The zero-order valence-electron chi connectivity index (χ0n) is 15.7. The Labute approximate surface area is 169 Å². The van der Waals surface area contributed by atoms with E-state index in [0.29, 0.717) is 12.1 Å². The number of hydrogen-bond acceptors (Lipinski definition) is 4. The van der Waals surface area contributed by atoms with Crippen LogP contribution in [0.4, 0.5) is 23.2 Å². The first-order chi connectivity index (χ1) is 14.2. The van der Waals surface area contributed by atoms with Crippen LogP contribution < -0.4 is 11.1 Å². The minimum atomic E-state index is -5.08. The third-order valence-corrected chi connectivity index (χ3v) is 4.81. The highest BCUT2D eigenvalue weighted by Crippen LogP contribution is 2.36. The number of aryl methyl sites for hydroxylation is 1. The zero-order chi connectivity index (χ0) is 21.9. The normalized spacial score (nSPS) is 15.3. The van der Waals surface area contributed by atoms with Crippen LogP contribution in [0.5, 0.6) is 0 Å². The largest absolute Gasteiger partial charge is 0.490 e. The maximum Gasteiger partial charge on any atom is 0.490 e. The Morgan fingerprint density at radius 3 is 2.63 bits per heavy atom. The van der Waals surface area contributed by atoms with Gasteiger partial charge in [-0.3, -0.25) is 4.98 Å². The number of halogens is 4. The highest BCUT2D eigenvalue weighted by molar-refractivity contribution is 5.91. The molecular formula is C21H19F4N3O2. The van der Waals surface area contributed by atoms with Gasteiger partial charge in [-0.1, -0.05) is 30.3 Å². The van der Waals surface area contributed by atoms with Gasteiger partial charge in [-0.05, 0) is 41.7 Å². The van der Waals surface area contributed by atoms with Crippen LogP contribution >= 0.6 is 0 Å². The van der Waals surface area contributed by atoms with Crippen molar-refractivity contribution in [3.63, 3.8) is 0 Å². The lowest BCUT2D eigenvalue weighted by molar-refractivity contribution is -0.192. The topological polar surface area (TPSA) is 88.2 Å². The van der Waals surface area contributed by atoms with E-state index in [0.717, 1.165) is 23.9 Å². The second-order valence-corrected chi connectivity index (χ2v) is 6.77. The van der Waals surface area contributed by atoms with Crippen LogP contribution in [-0.4, -0.2) is 22.2 Å². The van der Waals surface area contributed by atoms with Crippen molar-refractivity contribution in [2.24, 2.45) is 5.73 Å². The summed E-state index contributed by atoms with van der Waals surface area (Å²) >= 11 is 0. The van der Waals surface area contributed by atoms with Crippen molar-refractivity contribution in [3.05, 3.63) is 71.2 Å². The van der Waals surface area contributed by atoms with Gasteiger partial charge in [-0.25, -0.2) is 9.18 Å². The smallest absolute Gasteiger partial charge is 0.475 e. The van der Waals surface area contributed by atoms with Crippen molar-refractivity contribution in [1.29, 1.82) is 0 Å². The molecule has 30 heavy (non-hydrogen) atoms. The van der Waals surface area contributed by atoms with Gasteiger partial charge in [0.05, 0.1) is 6.04 Å². The summed E-state index contributed by atoms with van der Waals surface area (Å²) in [6.45, 7) is 0.569. The van der Waals surface area contributed by atoms with Gasteiger partial charge in [0.25, 0.3) is 0 Å². The number of hydrogen-bond donors (Lipinski definition) is 3. The van der Waals surface area contributed by atoms with Crippen molar-refractivity contribution in [2.75, 3.05) is 5.32 Å². The number of para-hydroxylation sites is 1. The van der Waals surface area contributed by atoms with E-state index in [2.05, 4.69) is 28.5 Å². The number of alkyl halides is 3. The predicted molar refractivity (Wildman–Crippen MR) is 104 cm³/mol. The van der Waals surface area contributed by atoms with Gasteiger partial charge in [0.15, 0.2) is 0 Å². The summed E-state index contributed by atoms with van der Waals surface area (Å²) in [6.07, 6.45) is -1.36. The lowest BCUT2D eigenvalue weighted by Gasteiger charge is -2.17. The Balaban J connectivity index is 0.000000318. The molecule has 0 radical (unpaired) electrons. The highest BCUT2D eigenvalue weighted by atomic mass is 19.4. The Morgan fingerprint density at radius 2 is 1.97 bits per heavy atom. The number of carbonyl (C=O) groups is 1. The number of nitrogens with one attached hydrogen (secondary N) is 1. The van der Waals surface area contributed by atoms with Crippen molar-refractivity contribution >= 4 is 22.6 Å². The van der Waals surface area contributed by atoms with E-state index in [1.54, 1.807) is 12.3 Å². The van der Waals surface area contributed by atoms with Gasteiger partial charge < -0.3 is 16.2 Å². The summed E-state index contributed by atoms with van der Waals surface area (Å²) in [7, 11) is 0. The van der Waals surface area contributed by atoms with Crippen molar-refractivity contribution in [3.8, 4) is 0 Å². The van der Waals surface area contributed by atoms with Crippen LogP contribution in [0.1, 0.15) is 29.2 Å². The molecular weight excluding hydrogens is 402 g/mol. The maximum absolute atomic E-state index is 13.9. The Hall–Kier alpha value is -3.20. The zero-order valence-corrected chi connectivity index (χ0v) is 15.7. The molecule has 0 aliphatic heterocycles. The lowest BCUT2D eigenvalue weighted by Crippen LogP contribution is -2.21. The SMILES string of the molecule is NCc1ccc2c(c1)CCC2Nc1ccnc2c(F)cccc12.O=C(O)C(F)(F)F. The first kappa shape index (κ1) is 21.5. The maximum atomic E-state index is 13.9. The molecule has 1 aliphatic rings. The first-order valence-electron chi connectivity index (χ1n) is 9.12. The molecule has 158 valence electrons.